The second-order valence-corrected chi connectivity index (χ2v) is 4.14. The van der Waals surface area contributed by atoms with E-state index in [1.165, 1.54) is 5.56 Å². The van der Waals surface area contributed by atoms with Crippen molar-refractivity contribution in [1.82, 2.24) is 14.5 Å². The van der Waals surface area contributed by atoms with Gasteiger partial charge in [-0.3, -0.25) is 0 Å². The summed E-state index contributed by atoms with van der Waals surface area (Å²) in [5.41, 5.74) is 4.10. The highest BCUT2D eigenvalue weighted by atomic mass is 15.2. The van der Waals surface area contributed by atoms with Crippen LogP contribution in [-0.2, 0) is 7.05 Å². The van der Waals surface area contributed by atoms with Crippen molar-refractivity contribution in [2.45, 2.75) is 6.92 Å². The Morgan fingerprint density at radius 1 is 1.18 bits per heavy atom. The van der Waals surface area contributed by atoms with Crippen molar-refractivity contribution in [2.24, 2.45) is 7.05 Å². The van der Waals surface area contributed by atoms with Crippen LogP contribution in [0, 0.1) is 6.92 Å². The molecule has 0 aliphatic carbocycles. The highest BCUT2D eigenvalue weighted by molar-refractivity contribution is 5.64. The molecule has 0 aliphatic rings. The van der Waals surface area contributed by atoms with Crippen LogP contribution >= 0.6 is 0 Å². The Bertz CT molecular complexity index is 685. The average Bonchev–Trinajstić information content (AvgIpc) is 2.68. The second kappa shape index (κ2) is 3.66. The van der Waals surface area contributed by atoms with Gasteiger partial charge in [-0.2, -0.15) is 0 Å². The SMILES string of the molecule is Cc1cccc(-n2c[n+](C)c3nccnc32)c1. The van der Waals surface area contributed by atoms with Gasteiger partial charge < -0.3 is 0 Å². The lowest BCUT2D eigenvalue weighted by molar-refractivity contribution is -0.647. The van der Waals surface area contributed by atoms with E-state index in [-0.39, 0.29) is 0 Å². The summed E-state index contributed by atoms with van der Waals surface area (Å²) < 4.78 is 4.03. The molecular weight excluding hydrogens is 212 g/mol. The monoisotopic (exact) mass is 225 g/mol. The lowest BCUT2D eigenvalue weighted by Gasteiger charge is -1.98. The number of hydrogen-bond donors (Lipinski definition) is 0. The van der Waals surface area contributed by atoms with Gasteiger partial charge >= 0.3 is 5.65 Å². The molecule has 0 spiro atoms. The number of fused-ring (bicyclic) bond motifs is 1. The Hall–Kier alpha value is -2.23. The zero-order valence-corrected chi connectivity index (χ0v) is 9.83. The maximum atomic E-state index is 4.39. The molecule has 0 amide bonds. The summed E-state index contributed by atoms with van der Waals surface area (Å²) >= 11 is 0. The van der Waals surface area contributed by atoms with E-state index in [1.807, 2.05) is 24.0 Å². The van der Waals surface area contributed by atoms with E-state index in [0.29, 0.717) is 0 Å². The minimum atomic E-state index is 0.876. The summed E-state index contributed by atoms with van der Waals surface area (Å²) in [4.78, 5) is 8.72. The molecule has 0 fully saturated rings. The van der Waals surface area contributed by atoms with E-state index in [9.17, 15) is 0 Å². The van der Waals surface area contributed by atoms with Gasteiger partial charge in [-0.05, 0) is 24.6 Å². The first-order chi connectivity index (χ1) is 8.25. The Labute approximate surface area is 99.2 Å². The van der Waals surface area contributed by atoms with Crippen LogP contribution in [0.15, 0.2) is 43.0 Å². The molecule has 0 bridgehead atoms. The molecular formula is C13H13N4+. The quantitative estimate of drug-likeness (QED) is 0.589. The Morgan fingerprint density at radius 2 is 2.00 bits per heavy atom. The summed E-state index contributed by atoms with van der Waals surface area (Å²) in [5.74, 6) is 0. The van der Waals surface area contributed by atoms with Crippen molar-refractivity contribution in [2.75, 3.05) is 0 Å². The predicted octanol–water partition coefficient (Wildman–Crippen LogP) is 1.55. The van der Waals surface area contributed by atoms with E-state index in [1.54, 1.807) is 12.4 Å². The maximum Gasteiger partial charge on any atom is 0.322 e. The molecule has 4 nitrogen and oxygen atoms in total. The second-order valence-electron chi connectivity index (χ2n) is 4.14. The summed E-state index contributed by atoms with van der Waals surface area (Å²) in [6.07, 6.45) is 5.43. The first-order valence-electron chi connectivity index (χ1n) is 5.50. The van der Waals surface area contributed by atoms with Crippen LogP contribution in [0.4, 0.5) is 0 Å². The first kappa shape index (κ1) is 9.96. The highest BCUT2D eigenvalue weighted by Gasteiger charge is 2.15. The molecule has 2 aromatic heterocycles. The largest absolute Gasteiger partial charge is 0.322 e. The summed E-state index contributed by atoms with van der Waals surface area (Å²) in [6, 6.07) is 8.34. The third kappa shape index (κ3) is 1.58. The molecule has 84 valence electrons. The molecule has 1 aromatic carbocycles. The van der Waals surface area contributed by atoms with Gasteiger partial charge in [-0.25, -0.2) is 14.1 Å². The normalized spacial score (nSPS) is 10.9. The molecule has 3 aromatic rings. The number of aryl methyl sites for hydroxylation is 2. The van der Waals surface area contributed by atoms with Crippen molar-refractivity contribution < 1.29 is 4.57 Å². The van der Waals surface area contributed by atoms with Gasteiger partial charge in [0.05, 0.1) is 13.2 Å². The van der Waals surface area contributed by atoms with E-state index < -0.39 is 0 Å². The van der Waals surface area contributed by atoms with E-state index in [0.717, 1.165) is 17.0 Å². The lowest BCUT2D eigenvalue weighted by Crippen LogP contribution is -2.26. The Morgan fingerprint density at radius 3 is 2.82 bits per heavy atom. The zero-order chi connectivity index (χ0) is 11.8. The third-order valence-corrected chi connectivity index (χ3v) is 2.79. The minimum absolute atomic E-state index is 0.876. The summed E-state index contributed by atoms with van der Waals surface area (Å²) in [6.45, 7) is 2.08. The van der Waals surface area contributed by atoms with E-state index in [4.69, 9.17) is 0 Å². The van der Waals surface area contributed by atoms with Crippen LogP contribution in [-0.4, -0.2) is 14.5 Å². The van der Waals surface area contributed by atoms with Gasteiger partial charge in [0.1, 0.15) is 11.9 Å². The van der Waals surface area contributed by atoms with Crippen molar-refractivity contribution in [1.29, 1.82) is 0 Å². The predicted molar refractivity (Wildman–Crippen MR) is 64.8 cm³/mol. The third-order valence-electron chi connectivity index (χ3n) is 2.79. The molecule has 0 saturated heterocycles. The lowest BCUT2D eigenvalue weighted by atomic mass is 10.2. The zero-order valence-electron chi connectivity index (χ0n) is 9.83. The minimum Gasteiger partial charge on any atom is -0.234 e. The number of rotatable bonds is 1. The Balaban J connectivity index is 2.31. The number of benzene rings is 1. The van der Waals surface area contributed by atoms with Crippen molar-refractivity contribution >= 4 is 11.3 Å². The molecule has 0 aliphatic heterocycles. The fraction of sp³-hybridized carbons (Fsp3) is 0.154. The number of nitrogens with zero attached hydrogens (tertiary/aromatic N) is 4. The van der Waals surface area contributed by atoms with Gasteiger partial charge in [-0.15, -0.1) is 4.98 Å². The van der Waals surface area contributed by atoms with Gasteiger partial charge in [-0.1, -0.05) is 12.1 Å². The van der Waals surface area contributed by atoms with Gasteiger partial charge in [0.2, 0.25) is 0 Å². The molecule has 0 N–H and O–H groups in total. The van der Waals surface area contributed by atoms with Crippen LogP contribution in [0.5, 0.6) is 0 Å². The summed E-state index contributed by atoms with van der Waals surface area (Å²) in [5, 5.41) is 0. The highest BCUT2D eigenvalue weighted by Crippen LogP contribution is 2.14. The van der Waals surface area contributed by atoms with Crippen molar-refractivity contribution in [3.8, 4) is 5.69 Å². The first-order valence-corrected chi connectivity index (χ1v) is 5.50. The van der Waals surface area contributed by atoms with Crippen LogP contribution in [0.1, 0.15) is 5.56 Å². The molecule has 17 heavy (non-hydrogen) atoms. The van der Waals surface area contributed by atoms with Gasteiger partial charge in [0, 0.05) is 0 Å². The fourth-order valence-corrected chi connectivity index (χ4v) is 1.99. The van der Waals surface area contributed by atoms with Gasteiger partial charge in [0.25, 0.3) is 5.65 Å². The van der Waals surface area contributed by atoms with Crippen LogP contribution < -0.4 is 4.57 Å². The molecule has 3 rings (SSSR count). The molecule has 4 heteroatoms. The number of aromatic nitrogens is 4. The number of hydrogen-bond acceptors (Lipinski definition) is 2. The molecule has 0 atom stereocenters. The van der Waals surface area contributed by atoms with Crippen molar-refractivity contribution in [3.05, 3.63) is 48.5 Å². The molecule has 0 saturated carbocycles. The summed E-state index contributed by atoms with van der Waals surface area (Å²) in [7, 11) is 1.98. The number of imidazole rings is 1. The van der Waals surface area contributed by atoms with Crippen LogP contribution in [0.2, 0.25) is 0 Å². The smallest absolute Gasteiger partial charge is 0.234 e. The van der Waals surface area contributed by atoms with Gasteiger partial charge in [0.15, 0.2) is 6.33 Å². The fourth-order valence-electron chi connectivity index (χ4n) is 1.99. The molecule has 0 radical (unpaired) electrons. The Kier molecular flexibility index (Phi) is 2.14. The van der Waals surface area contributed by atoms with Crippen molar-refractivity contribution in [3.63, 3.8) is 0 Å². The van der Waals surface area contributed by atoms with Crippen LogP contribution in [0.3, 0.4) is 0 Å². The average molecular weight is 225 g/mol. The maximum absolute atomic E-state index is 4.39. The molecule has 2 heterocycles. The molecule has 0 unspecified atom stereocenters. The van der Waals surface area contributed by atoms with E-state index in [2.05, 4.69) is 39.7 Å². The van der Waals surface area contributed by atoms with Crippen LogP contribution in [0.25, 0.3) is 17.0 Å². The van der Waals surface area contributed by atoms with E-state index >= 15 is 0 Å². The standard InChI is InChI=1S/C13H13N4/c1-10-4-3-5-11(8-10)17-9-16(2)12-13(17)15-7-6-14-12/h3-9H,1-2H3/q+1. The topological polar surface area (TPSA) is 34.6 Å².